The predicted octanol–water partition coefficient (Wildman–Crippen LogP) is -1.93. The van der Waals surface area contributed by atoms with Crippen molar-refractivity contribution in [1.82, 2.24) is 10.6 Å². The third kappa shape index (κ3) is 1.36. The molecule has 0 aliphatic carbocycles. The fourth-order valence-electron chi connectivity index (χ4n) is 0.954. The van der Waals surface area contributed by atoms with Gasteiger partial charge < -0.3 is 15.7 Å². The van der Waals surface area contributed by atoms with Crippen LogP contribution in [0.4, 0.5) is 0 Å². The maximum Gasteiger partial charge on any atom is 0.328 e. The van der Waals surface area contributed by atoms with Crippen LogP contribution in [0.3, 0.4) is 0 Å². The van der Waals surface area contributed by atoms with Crippen LogP contribution in [0.15, 0.2) is 0 Å². The van der Waals surface area contributed by atoms with E-state index < -0.39 is 29.9 Å². The summed E-state index contributed by atoms with van der Waals surface area (Å²) in [6, 6.07) is -1.90. The molecule has 2 unspecified atom stereocenters. The molecule has 0 aromatic heterocycles. The molecule has 3 N–H and O–H groups in total. The van der Waals surface area contributed by atoms with Gasteiger partial charge in [-0.15, -0.1) is 0 Å². The molecule has 0 aromatic carbocycles. The molecule has 1 aliphatic heterocycles. The number of hydrogen-bond donors (Lipinski definition) is 3. The van der Waals surface area contributed by atoms with Crippen LogP contribution in [-0.2, 0) is 14.4 Å². The molecule has 6 heteroatoms. The Balaban J connectivity index is 2.56. The maximum atomic E-state index is 10.7. The van der Waals surface area contributed by atoms with Gasteiger partial charge in [0.2, 0.25) is 11.8 Å². The van der Waals surface area contributed by atoms with Crippen LogP contribution in [0.2, 0.25) is 0 Å². The van der Waals surface area contributed by atoms with E-state index in [1.165, 1.54) is 6.92 Å². The number of amides is 2. The van der Waals surface area contributed by atoms with E-state index in [9.17, 15) is 14.4 Å². The number of carbonyl (C=O) groups excluding carboxylic acids is 2. The summed E-state index contributed by atoms with van der Waals surface area (Å²) in [4.78, 5) is 31.5. The summed E-state index contributed by atoms with van der Waals surface area (Å²) in [6.07, 6.45) is 0. The Morgan fingerprint density at radius 2 is 2.17 bits per heavy atom. The molecule has 1 fully saturated rings. The summed E-state index contributed by atoms with van der Waals surface area (Å²) in [6.45, 7) is 1.23. The summed E-state index contributed by atoms with van der Waals surface area (Å²) < 4.78 is 0. The number of rotatable bonds is 2. The van der Waals surface area contributed by atoms with E-state index in [1.807, 2.05) is 0 Å². The van der Waals surface area contributed by atoms with Crippen molar-refractivity contribution in [3.63, 3.8) is 0 Å². The van der Waals surface area contributed by atoms with Crippen LogP contribution < -0.4 is 10.6 Å². The Kier molecular flexibility index (Phi) is 1.99. The fourth-order valence-corrected chi connectivity index (χ4v) is 0.954. The molecular formula is C6H8N2O4. The van der Waals surface area contributed by atoms with Gasteiger partial charge in [-0.3, -0.25) is 9.59 Å². The molecule has 2 atom stereocenters. The van der Waals surface area contributed by atoms with Gasteiger partial charge in [-0.05, 0) is 0 Å². The highest BCUT2D eigenvalue weighted by atomic mass is 16.4. The average Bonchev–Trinajstić information content (AvgIpc) is 1.95. The van der Waals surface area contributed by atoms with Crippen LogP contribution in [-0.4, -0.2) is 35.0 Å². The molecule has 1 saturated heterocycles. The van der Waals surface area contributed by atoms with Crippen LogP contribution in [0.1, 0.15) is 6.92 Å². The summed E-state index contributed by atoms with van der Waals surface area (Å²) in [5.74, 6) is -2.02. The summed E-state index contributed by atoms with van der Waals surface area (Å²) >= 11 is 0. The van der Waals surface area contributed by atoms with Crippen LogP contribution in [0, 0.1) is 0 Å². The number of carbonyl (C=O) groups is 3. The maximum absolute atomic E-state index is 10.7. The van der Waals surface area contributed by atoms with Crippen LogP contribution in [0.25, 0.3) is 0 Å². The Hall–Kier alpha value is -1.59. The number of nitrogens with one attached hydrogen (secondary N) is 2. The van der Waals surface area contributed by atoms with E-state index >= 15 is 0 Å². The lowest BCUT2D eigenvalue weighted by molar-refractivity contribution is -0.151. The van der Waals surface area contributed by atoms with Crippen LogP contribution in [0.5, 0.6) is 0 Å². The number of hydrogen-bond acceptors (Lipinski definition) is 3. The zero-order valence-corrected chi connectivity index (χ0v) is 6.33. The minimum absolute atomic E-state index is 0.416. The Labute approximate surface area is 67.9 Å². The molecular weight excluding hydrogens is 164 g/mol. The summed E-state index contributed by atoms with van der Waals surface area (Å²) in [5, 5.41) is 12.8. The molecule has 0 radical (unpaired) electrons. The van der Waals surface area contributed by atoms with Gasteiger partial charge >= 0.3 is 5.97 Å². The van der Waals surface area contributed by atoms with Gasteiger partial charge in [-0.1, -0.05) is 0 Å². The van der Waals surface area contributed by atoms with Gasteiger partial charge in [0.15, 0.2) is 6.04 Å². The lowest BCUT2D eigenvalue weighted by Gasteiger charge is -2.33. The van der Waals surface area contributed by atoms with Crippen molar-refractivity contribution in [2.45, 2.75) is 19.0 Å². The van der Waals surface area contributed by atoms with Crippen molar-refractivity contribution in [3.05, 3.63) is 0 Å². The van der Waals surface area contributed by atoms with E-state index in [2.05, 4.69) is 10.6 Å². The molecule has 0 saturated carbocycles. The average molecular weight is 172 g/mol. The van der Waals surface area contributed by atoms with Gasteiger partial charge in [0.25, 0.3) is 0 Å². The van der Waals surface area contributed by atoms with Crippen molar-refractivity contribution in [3.8, 4) is 0 Å². The van der Waals surface area contributed by atoms with Crippen LogP contribution >= 0.6 is 0 Å². The van der Waals surface area contributed by atoms with E-state index in [0.29, 0.717) is 0 Å². The minimum Gasteiger partial charge on any atom is -0.480 e. The Bertz CT molecular complexity index is 250. The van der Waals surface area contributed by atoms with Gasteiger partial charge in [0, 0.05) is 6.92 Å². The van der Waals surface area contributed by atoms with Crippen molar-refractivity contribution in [2.75, 3.05) is 0 Å². The SMILES string of the molecule is CC(=O)NC1C(=O)NC1C(=O)O. The Morgan fingerprint density at radius 3 is 2.50 bits per heavy atom. The van der Waals surface area contributed by atoms with E-state index in [1.54, 1.807) is 0 Å². The zero-order chi connectivity index (χ0) is 9.30. The molecule has 0 bridgehead atoms. The minimum atomic E-state index is -1.15. The van der Waals surface area contributed by atoms with Gasteiger partial charge in [0.05, 0.1) is 0 Å². The molecule has 0 aromatic rings. The first kappa shape index (κ1) is 8.51. The lowest BCUT2D eigenvalue weighted by atomic mass is 9.99. The zero-order valence-electron chi connectivity index (χ0n) is 6.33. The molecule has 0 spiro atoms. The second-order valence-corrected chi connectivity index (χ2v) is 2.50. The lowest BCUT2D eigenvalue weighted by Crippen LogP contribution is -2.71. The van der Waals surface area contributed by atoms with Crippen molar-refractivity contribution >= 4 is 17.8 Å². The first-order chi connectivity index (χ1) is 5.52. The highest BCUT2D eigenvalue weighted by Crippen LogP contribution is 2.05. The first-order valence-electron chi connectivity index (χ1n) is 3.32. The van der Waals surface area contributed by atoms with Crippen molar-refractivity contribution < 1.29 is 19.5 Å². The smallest absolute Gasteiger partial charge is 0.328 e. The second kappa shape index (κ2) is 2.80. The molecule has 1 heterocycles. The number of carboxylic acid groups (broad SMARTS) is 1. The molecule has 66 valence electrons. The Morgan fingerprint density at radius 1 is 1.58 bits per heavy atom. The topological polar surface area (TPSA) is 95.5 Å². The van der Waals surface area contributed by atoms with E-state index in [0.717, 1.165) is 0 Å². The summed E-state index contributed by atoms with van der Waals surface area (Å²) in [7, 11) is 0. The highest BCUT2D eigenvalue weighted by Gasteiger charge is 2.44. The van der Waals surface area contributed by atoms with Crippen molar-refractivity contribution in [2.24, 2.45) is 0 Å². The van der Waals surface area contributed by atoms with Gasteiger partial charge in [-0.25, -0.2) is 4.79 Å². The quantitative estimate of drug-likeness (QED) is 0.423. The molecule has 1 aliphatic rings. The van der Waals surface area contributed by atoms with E-state index in [-0.39, 0.29) is 0 Å². The third-order valence-corrected chi connectivity index (χ3v) is 1.54. The highest BCUT2D eigenvalue weighted by molar-refractivity contribution is 6.01. The first-order valence-corrected chi connectivity index (χ1v) is 3.32. The number of aliphatic carboxylic acids is 1. The van der Waals surface area contributed by atoms with Gasteiger partial charge in [0.1, 0.15) is 6.04 Å². The molecule has 2 amide bonds. The third-order valence-electron chi connectivity index (χ3n) is 1.54. The fraction of sp³-hybridized carbons (Fsp3) is 0.500. The standard InChI is InChI=1S/C6H8N2O4/c1-2(9)7-3-4(6(11)12)8-5(3)10/h3-4H,1H3,(H,7,9)(H,8,10)(H,11,12). The molecule has 12 heavy (non-hydrogen) atoms. The largest absolute Gasteiger partial charge is 0.480 e. The molecule has 1 rings (SSSR count). The normalized spacial score (nSPS) is 26.9. The van der Waals surface area contributed by atoms with Crippen molar-refractivity contribution in [1.29, 1.82) is 0 Å². The van der Waals surface area contributed by atoms with E-state index in [4.69, 9.17) is 5.11 Å². The predicted molar refractivity (Wildman–Crippen MR) is 37.2 cm³/mol. The molecule has 6 nitrogen and oxygen atoms in total. The monoisotopic (exact) mass is 172 g/mol. The number of β-lactam (4-membered cyclic amide) rings is 1. The second-order valence-electron chi connectivity index (χ2n) is 2.50. The summed E-state index contributed by atoms with van der Waals surface area (Å²) in [5.41, 5.74) is 0. The van der Waals surface area contributed by atoms with Gasteiger partial charge in [-0.2, -0.15) is 0 Å². The number of carboxylic acids is 1.